The molecule has 2 rings (SSSR count). The summed E-state index contributed by atoms with van der Waals surface area (Å²) in [4.78, 5) is 0. The van der Waals surface area contributed by atoms with Crippen LogP contribution in [0.5, 0.6) is 0 Å². The molecule has 2 aliphatic rings. The van der Waals surface area contributed by atoms with Crippen LogP contribution >= 0.6 is 11.8 Å². The van der Waals surface area contributed by atoms with E-state index in [4.69, 9.17) is 4.74 Å². The molecule has 2 saturated heterocycles. The molecule has 1 N–H and O–H groups in total. The molecule has 17 heavy (non-hydrogen) atoms. The molecular formula is C12H21F2NOS. The number of rotatable bonds is 4. The van der Waals surface area contributed by atoms with Gasteiger partial charge in [0, 0.05) is 24.8 Å². The molecule has 5 heteroatoms. The van der Waals surface area contributed by atoms with E-state index in [2.05, 4.69) is 5.32 Å². The van der Waals surface area contributed by atoms with Crippen LogP contribution in [0.15, 0.2) is 0 Å². The summed E-state index contributed by atoms with van der Waals surface area (Å²) in [7, 11) is 0. The van der Waals surface area contributed by atoms with Crippen LogP contribution in [0.1, 0.15) is 32.1 Å². The van der Waals surface area contributed by atoms with Crippen molar-refractivity contribution in [2.24, 2.45) is 0 Å². The first kappa shape index (κ1) is 13.6. The van der Waals surface area contributed by atoms with Gasteiger partial charge in [0.05, 0.1) is 12.2 Å². The van der Waals surface area contributed by atoms with Crippen molar-refractivity contribution < 1.29 is 13.5 Å². The van der Waals surface area contributed by atoms with Crippen molar-refractivity contribution in [2.45, 2.75) is 50.2 Å². The molecule has 0 aromatic rings. The number of morpholine rings is 1. The van der Waals surface area contributed by atoms with Crippen LogP contribution in [0.4, 0.5) is 8.78 Å². The Balaban J connectivity index is 1.87. The third kappa shape index (κ3) is 3.55. The molecule has 0 bridgehead atoms. The van der Waals surface area contributed by atoms with Crippen molar-refractivity contribution in [2.75, 3.05) is 24.7 Å². The summed E-state index contributed by atoms with van der Waals surface area (Å²) in [5.41, 5.74) is -0.0801. The van der Waals surface area contributed by atoms with E-state index in [1.165, 1.54) is 12.2 Å². The predicted molar refractivity (Wildman–Crippen MR) is 66.9 cm³/mol. The smallest absolute Gasteiger partial charge is 0.238 e. The summed E-state index contributed by atoms with van der Waals surface area (Å²) in [6.07, 6.45) is 1.50. The quantitative estimate of drug-likeness (QED) is 0.844. The summed E-state index contributed by atoms with van der Waals surface area (Å²) in [6.45, 7) is 1.61. The first-order valence-electron chi connectivity index (χ1n) is 6.46. The Morgan fingerprint density at radius 2 is 2.35 bits per heavy atom. The highest BCUT2D eigenvalue weighted by molar-refractivity contribution is 7.99. The predicted octanol–water partition coefficient (Wildman–Crippen LogP) is 2.68. The Labute approximate surface area is 106 Å². The zero-order valence-corrected chi connectivity index (χ0v) is 10.9. The first-order valence-corrected chi connectivity index (χ1v) is 7.62. The largest absolute Gasteiger partial charge is 0.371 e. The minimum absolute atomic E-state index is 0.0153. The Morgan fingerprint density at radius 3 is 3.06 bits per heavy atom. The van der Waals surface area contributed by atoms with E-state index < -0.39 is 6.43 Å². The van der Waals surface area contributed by atoms with Gasteiger partial charge in [-0.3, -0.25) is 0 Å². The van der Waals surface area contributed by atoms with E-state index in [-0.39, 0.29) is 18.1 Å². The lowest BCUT2D eigenvalue weighted by Gasteiger charge is -2.46. The van der Waals surface area contributed by atoms with Crippen molar-refractivity contribution in [3.8, 4) is 0 Å². The van der Waals surface area contributed by atoms with Crippen LogP contribution in [0.2, 0.25) is 0 Å². The summed E-state index contributed by atoms with van der Waals surface area (Å²) >= 11 is 1.93. The van der Waals surface area contributed by atoms with Gasteiger partial charge in [0.15, 0.2) is 0 Å². The Hall–Kier alpha value is 0.130. The molecule has 0 aromatic heterocycles. The van der Waals surface area contributed by atoms with Gasteiger partial charge in [-0.25, -0.2) is 8.78 Å². The molecule has 2 nitrogen and oxygen atoms in total. The van der Waals surface area contributed by atoms with Crippen molar-refractivity contribution >= 4 is 11.8 Å². The minimum Gasteiger partial charge on any atom is -0.371 e. The van der Waals surface area contributed by atoms with Crippen LogP contribution in [-0.2, 0) is 4.74 Å². The maximum absolute atomic E-state index is 12.2. The number of halogens is 2. The summed E-state index contributed by atoms with van der Waals surface area (Å²) in [6, 6.07) is 0.266. The van der Waals surface area contributed by atoms with Crippen LogP contribution in [0.25, 0.3) is 0 Å². The lowest BCUT2D eigenvalue weighted by Crippen LogP contribution is -2.60. The van der Waals surface area contributed by atoms with Gasteiger partial charge in [-0.05, 0) is 31.4 Å². The molecule has 1 spiro atoms. The lowest BCUT2D eigenvalue weighted by molar-refractivity contribution is -0.0900. The fourth-order valence-electron chi connectivity index (χ4n) is 2.79. The Morgan fingerprint density at radius 1 is 1.47 bits per heavy atom. The lowest BCUT2D eigenvalue weighted by atomic mass is 9.86. The summed E-state index contributed by atoms with van der Waals surface area (Å²) in [5.74, 6) is 2.22. The fraction of sp³-hybridized carbons (Fsp3) is 1.00. The van der Waals surface area contributed by atoms with Crippen molar-refractivity contribution in [1.82, 2.24) is 5.32 Å². The van der Waals surface area contributed by atoms with E-state index in [9.17, 15) is 8.78 Å². The average molecular weight is 265 g/mol. The van der Waals surface area contributed by atoms with Gasteiger partial charge in [0.1, 0.15) is 0 Å². The molecule has 0 amide bonds. The molecule has 2 fully saturated rings. The highest BCUT2D eigenvalue weighted by Crippen LogP contribution is 2.36. The highest BCUT2D eigenvalue weighted by Gasteiger charge is 2.42. The topological polar surface area (TPSA) is 21.3 Å². The molecule has 0 aliphatic carbocycles. The molecule has 0 aromatic carbocycles. The van der Waals surface area contributed by atoms with Crippen LogP contribution < -0.4 is 5.32 Å². The maximum Gasteiger partial charge on any atom is 0.238 e. The second-order valence-corrected chi connectivity index (χ2v) is 6.00. The average Bonchev–Trinajstić information content (AvgIpc) is 2.32. The number of hydrogen-bond acceptors (Lipinski definition) is 3. The monoisotopic (exact) mass is 265 g/mol. The second-order valence-electron chi connectivity index (χ2n) is 4.90. The maximum atomic E-state index is 12.2. The zero-order valence-electron chi connectivity index (χ0n) is 10.1. The number of ether oxygens (including phenoxy) is 1. The molecule has 0 saturated carbocycles. The highest BCUT2D eigenvalue weighted by atomic mass is 32.2. The summed E-state index contributed by atoms with van der Waals surface area (Å²) in [5, 5.41) is 3.47. The number of thioether (sulfide) groups is 1. The van der Waals surface area contributed by atoms with Gasteiger partial charge in [-0.2, -0.15) is 11.8 Å². The molecule has 2 atom stereocenters. The van der Waals surface area contributed by atoms with Crippen LogP contribution in [0, 0.1) is 0 Å². The zero-order chi connectivity index (χ0) is 12.1. The van der Waals surface area contributed by atoms with E-state index >= 15 is 0 Å². The van der Waals surface area contributed by atoms with E-state index in [1.807, 2.05) is 11.8 Å². The van der Waals surface area contributed by atoms with E-state index in [0.717, 1.165) is 31.7 Å². The number of nitrogens with one attached hydrogen (secondary N) is 1. The van der Waals surface area contributed by atoms with Crippen molar-refractivity contribution in [3.63, 3.8) is 0 Å². The van der Waals surface area contributed by atoms with Crippen LogP contribution in [-0.4, -0.2) is 42.7 Å². The van der Waals surface area contributed by atoms with Gasteiger partial charge in [-0.1, -0.05) is 0 Å². The first-order chi connectivity index (χ1) is 8.23. The van der Waals surface area contributed by atoms with Gasteiger partial charge in [0.2, 0.25) is 6.43 Å². The third-order valence-corrected chi connectivity index (χ3v) is 4.94. The summed E-state index contributed by atoms with van der Waals surface area (Å²) < 4.78 is 30.3. The molecule has 2 heterocycles. The van der Waals surface area contributed by atoms with E-state index in [1.54, 1.807) is 0 Å². The standard InChI is InChI=1S/C12H21F2NOS/c13-11(14)4-1-3-10-12(16-7-6-15-10)5-2-8-17-9-12/h10-11,15H,1-9H2. The van der Waals surface area contributed by atoms with Gasteiger partial charge in [-0.15, -0.1) is 0 Å². The second kappa shape index (κ2) is 6.34. The fourth-order valence-corrected chi connectivity index (χ4v) is 4.06. The Bertz CT molecular complexity index is 226. The van der Waals surface area contributed by atoms with Gasteiger partial charge >= 0.3 is 0 Å². The minimum atomic E-state index is -2.17. The Kier molecular flexibility index (Phi) is 5.06. The molecule has 2 aliphatic heterocycles. The normalized spacial score (nSPS) is 34.4. The molecule has 100 valence electrons. The third-order valence-electron chi connectivity index (χ3n) is 3.67. The number of alkyl halides is 2. The number of hydrogen-bond donors (Lipinski definition) is 1. The molecule has 0 radical (unpaired) electrons. The molecular weight excluding hydrogens is 244 g/mol. The van der Waals surface area contributed by atoms with Gasteiger partial charge < -0.3 is 10.1 Å². The van der Waals surface area contributed by atoms with Crippen LogP contribution in [0.3, 0.4) is 0 Å². The molecule has 2 unspecified atom stereocenters. The van der Waals surface area contributed by atoms with Crippen molar-refractivity contribution in [1.29, 1.82) is 0 Å². The SMILES string of the molecule is FC(F)CCCC1NCCOC12CCCSC2. The van der Waals surface area contributed by atoms with Gasteiger partial charge in [0.25, 0.3) is 0 Å². The van der Waals surface area contributed by atoms with E-state index in [0.29, 0.717) is 6.42 Å². The van der Waals surface area contributed by atoms with Crippen molar-refractivity contribution in [3.05, 3.63) is 0 Å².